The van der Waals surface area contributed by atoms with Crippen molar-refractivity contribution < 1.29 is 9.90 Å². The molecule has 0 spiro atoms. The summed E-state index contributed by atoms with van der Waals surface area (Å²) in [5.41, 5.74) is 2.05. The lowest BCUT2D eigenvalue weighted by atomic mass is 9.74. The summed E-state index contributed by atoms with van der Waals surface area (Å²) in [5, 5.41) is 15.5. The van der Waals surface area contributed by atoms with Gasteiger partial charge in [-0.3, -0.25) is 0 Å². The lowest BCUT2D eigenvalue weighted by molar-refractivity contribution is 0.145. The summed E-state index contributed by atoms with van der Waals surface area (Å²) in [6, 6.07) is -0.302. The van der Waals surface area contributed by atoms with Crippen molar-refractivity contribution in [3.8, 4) is 0 Å². The van der Waals surface area contributed by atoms with Crippen LogP contribution in [0.2, 0.25) is 0 Å². The topological polar surface area (TPSA) is 90.4 Å². The zero-order valence-corrected chi connectivity index (χ0v) is 15.7. The summed E-state index contributed by atoms with van der Waals surface area (Å²) < 4.78 is 0. The maximum Gasteiger partial charge on any atom is 0.315 e. The number of rotatable bonds is 4. The molecule has 1 aromatic heterocycles. The highest BCUT2D eigenvalue weighted by atomic mass is 16.3. The average Bonchev–Trinajstić information content (AvgIpc) is 2.59. The Bertz CT molecular complexity index is 668. The number of aliphatic hydroxyl groups is 1. The average molecular weight is 359 g/mol. The van der Waals surface area contributed by atoms with Crippen LogP contribution in [-0.4, -0.2) is 46.8 Å². The first kappa shape index (κ1) is 18.6. The molecule has 2 aliphatic rings. The van der Waals surface area contributed by atoms with E-state index in [1.165, 1.54) is 0 Å². The molecule has 0 aromatic carbocycles. The van der Waals surface area contributed by atoms with Gasteiger partial charge < -0.3 is 20.6 Å². The minimum atomic E-state index is -0.217. The molecule has 26 heavy (non-hydrogen) atoms. The molecule has 0 saturated carbocycles. The molecule has 7 heteroatoms. The third kappa shape index (κ3) is 4.33. The van der Waals surface area contributed by atoms with Crippen LogP contribution in [0.4, 0.5) is 10.7 Å². The molecule has 0 radical (unpaired) electrons. The zero-order valence-electron chi connectivity index (χ0n) is 15.7. The van der Waals surface area contributed by atoms with Gasteiger partial charge in [0.2, 0.25) is 5.95 Å². The molecule has 1 aliphatic carbocycles. The molecule has 1 unspecified atom stereocenters. The summed E-state index contributed by atoms with van der Waals surface area (Å²) >= 11 is 0. The first-order valence-corrected chi connectivity index (χ1v) is 9.32. The number of aliphatic hydroxyl groups excluding tert-OH is 1. The van der Waals surface area contributed by atoms with Crippen LogP contribution >= 0.6 is 0 Å². The standard InChI is InChI=1S/C19H29N5O2/c1-4-7-20-18(26)23-16-11-19(2,3)10-15-14(16)12-21-17(22-15)24-8-5-13(25)6-9-24/h4,12-13,16,25H,1,5-11H2,2-3H3,(H2,20,23,26). The van der Waals surface area contributed by atoms with Gasteiger partial charge in [-0.1, -0.05) is 19.9 Å². The fraction of sp³-hybridized carbons (Fsp3) is 0.632. The van der Waals surface area contributed by atoms with Crippen LogP contribution in [0.1, 0.15) is 50.4 Å². The number of nitrogens with zero attached hydrogens (tertiary/aromatic N) is 3. The Labute approximate surface area is 154 Å². The quantitative estimate of drug-likeness (QED) is 0.715. The number of piperidine rings is 1. The number of carbonyl (C=O) groups excluding carboxylic acids is 1. The smallest absolute Gasteiger partial charge is 0.315 e. The lowest BCUT2D eigenvalue weighted by Crippen LogP contribution is -2.42. The molecule has 0 bridgehead atoms. The molecule has 1 saturated heterocycles. The van der Waals surface area contributed by atoms with Crippen molar-refractivity contribution >= 4 is 12.0 Å². The van der Waals surface area contributed by atoms with Crippen molar-refractivity contribution in [3.63, 3.8) is 0 Å². The Balaban J connectivity index is 1.79. The predicted octanol–water partition coefficient (Wildman–Crippen LogP) is 1.94. The van der Waals surface area contributed by atoms with Gasteiger partial charge in [0.15, 0.2) is 0 Å². The van der Waals surface area contributed by atoms with Crippen molar-refractivity contribution in [1.82, 2.24) is 20.6 Å². The first-order valence-electron chi connectivity index (χ1n) is 9.32. The first-order chi connectivity index (χ1) is 12.4. The molecule has 2 amide bonds. The number of fused-ring (bicyclic) bond motifs is 1. The van der Waals surface area contributed by atoms with Gasteiger partial charge in [-0.05, 0) is 31.1 Å². The fourth-order valence-electron chi connectivity index (χ4n) is 3.76. The molecule has 7 nitrogen and oxygen atoms in total. The van der Waals surface area contributed by atoms with Crippen LogP contribution in [0, 0.1) is 5.41 Å². The summed E-state index contributed by atoms with van der Waals surface area (Å²) in [7, 11) is 0. The summed E-state index contributed by atoms with van der Waals surface area (Å²) in [6.45, 7) is 10.00. The normalized spacial score (nSPS) is 22.4. The Morgan fingerprint density at radius 1 is 1.46 bits per heavy atom. The Hall–Kier alpha value is -2.15. The number of nitrogens with one attached hydrogen (secondary N) is 2. The van der Waals surface area contributed by atoms with Gasteiger partial charge >= 0.3 is 6.03 Å². The van der Waals surface area contributed by atoms with E-state index in [4.69, 9.17) is 4.98 Å². The van der Waals surface area contributed by atoms with Gasteiger partial charge in [0.1, 0.15) is 0 Å². The van der Waals surface area contributed by atoms with E-state index in [-0.39, 0.29) is 23.6 Å². The van der Waals surface area contributed by atoms with E-state index in [1.54, 1.807) is 6.08 Å². The largest absolute Gasteiger partial charge is 0.393 e. The number of urea groups is 1. The van der Waals surface area contributed by atoms with E-state index in [0.717, 1.165) is 56.0 Å². The Morgan fingerprint density at radius 2 is 2.19 bits per heavy atom. The maximum absolute atomic E-state index is 12.1. The van der Waals surface area contributed by atoms with Gasteiger partial charge in [-0.2, -0.15) is 0 Å². The summed E-state index contributed by atoms with van der Waals surface area (Å²) in [5.74, 6) is 0.725. The molecule has 1 aromatic rings. The molecule has 142 valence electrons. The highest BCUT2D eigenvalue weighted by molar-refractivity contribution is 5.74. The Morgan fingerprint density at radius 3 is 2.88 bits per heavy atom. The van der Waals surface area contributed by atoms with E-state index in [0.29, 0.717) is 6.54 Å². The van der Waals surface area contributed by atoms with Crippen LogP contribution in [-0.2, 0) is 6.42 Å². The van der Waals surface area contributed by atoms with Gasteiger partial charge in [0, 0.05) is 31.4 Å². The van der Waals surface area contributed by atoms with Crippen molar-refractivity contribution in [2.75, 3.05) is 24.5 Å². The van der Waals surface area contributed by atoms with Crippen LogP contribution in [0.5, 0.6) is 0 Å². The van der Waals surface area contributed by atoms with Crippen LogP contribution in [0.25, 0.3) is 0 Å². The van der Waals surface area contributed by atoms with Crippen molar-refractivity contribution in [2.24, 2.45) is 5.41 Å². The molecule has 1 aliphatic heterocycles. The van der Waals surface area contributed by atoms with Gasteiger partial charge in [-0.25, -0.2) is 14.8 Å². The van der Waals surface area contributed by atoms with E-state index < -0.39 is 0 Å². The van der Waals surface area contributed by atoms with E-state index in [2.05, 4.69) is 40.9 Å². The second kappa shape index (κ2) is 7.61. The van der Waals surface area contributed by atoms with Crippen molar-refractivity contribution in [3.05, 3.63) is 30.1 Å². The molecule has 2 heterocycles. The molecule has 3 rings (SSSR count). The number of hydrogen-bond acceptors (Lipinski definition) is 5. The SMILES string of the molecule is C=CCNC(=O)NC1CC(C)(C)Cc2nc(N3CCC(O)CC3)ncc21. The monoisotopic (exact) mass is 359 g/mol. The highest BCUT2D eigenvalue weighted by Gasteiger charge is 2.35. The van der Waals surface area contributed by atoms with E-state index in [9.17, 15) is 9.90 Å². The van der Waals surface area contributed by atoms with Crippen molar-refractivity contribution in [1.29, 1.82) is 0 Å². The summed E-state index contributed by atoms with van der Waals surface area (Å²) in [6.07, 6.45) is 6.50. The third-order valence-corrected chi connectivity index (χ3v) is 5.13. The molecular weight excluding hydrogens is 330 g/mol. The third-order valence-electron chi connectivity index (χ3n) is 5.13. The number of carbonyl (C=O) groups is 1. The van der Waals surface area contributed by atoms with Crippen LogP contribution in [0.15, 0.2) is 18.9 Å². The second-order valence-electron chi connectivity index (χ2n) is 8.03. The molecule has 3 N–H and O–H groups in total. The van der Waals surface area contributed by atoms with Gasteiger partial charge in [-0.15, -0.1) is 6.58 Å². The summed E-state index contributed by atoms with van der Waals surface area (Å²) in [4.78, 5) is 23.6. The zero-order chi connectivity index (χ0) is 18.7. The van der Waals surface area contributed by atoms with E-state index in [1.807, 2.05) is 6.20 Å². The number of hydrogen-bond donors (Lipinski definition) is 3. The minimum Gasteiger partial charge on any atom is -0.393 e. The molecule has 1 fully saturated rings. The second-order valence-corrected chi connectivity index (χ2v) is 8.03. The number of aromatic nitrogens is 2. The predicted molar refractivity (Wildman–Crippen MR) is 101 cm³/mol. The van der Waals surface area contributed by atoms with Gasteiger partial charge in [0.25, 0.3) is 0 Å². The number of anilines is 1. The molecule has 1 atom stereocenters. The van der Waals surface area contributed by atoms with Crippen LogP contribution < -0.4 is 15.5 Å². The minimum absolute atomic E-state index is 0.0487. The lowest BCUT2D eigenvalue weighted by Gasteiger charge is -2.37. The maximum atomic E-state index is 12.1. The van der Waals surface area contributed by atoms with Crippen LogP contribution in [0.3, 0.4) is 0 Å². The van der Waals surface area contributed by atoms with E-state index >= 15 is 0 Å². The molecular formula is C19H29N5O2. The Kier molecular flexibility index (Phi) is 5.46. The number of amides is 2. The highest BCUT2D eigenvalue weighted by Crippen LogP contribution is 2.40. The van der Waals surface area contributed by atoms with Crippen molar-refractivity contribution in [2.45, 2.75) is 51.7 Å². The fourth-order valence-corrected chi connectivity index (χ4v) is 3.76. The van der Waals surface area contributed by atoms with Gasteiger partial charge in [0.05, 0.1) is 17.8 Å².